The largest absolute Gasteiger partial charge is 0.547 e. The standard InChI is InChI=1S/C15H26O3.C12H22OSi/c1-5-17-13(18-6-2)8-10-7-11-9-12(14(10)16)15(11,3)4;1-12(2)9-6-7-11(10(12)8-9)13-14(3,4)5/h10-13H,5-9H2,1-4H3;7,9-10H,6,8H2,1-5H3/t10-,11+,12+;9-,10-/m10/s1. The summed E-state index contributed by atoms with van der Waals surface area (Å²) in [6, 6.07) is 0. The van der Waals surface area contributed by atoms with Crippen LogP contribution < -0.4 is 0 Å². The zero-order valence-corrected chi connectivity index (χ0v) is 23.1. The Morgan fingerprint density at radius 1 is 0.938 bits per heavy atom. The summed E-state index contributed by atoms with van der Waals surface area (Å²) < 4.78 is 17.3. The van der Waals surface area contributed by atoms with Crippen LogP contribution in [0.1, 0.15) is 73.6 Å². The fourth-order valence-electron chi connectivity index (χ4n) is 6.41. The third kappa shape index (κ3) is 5.20. The molecule has 6 rings (SSSR count). The summed E-state index contributed by atoms with van der Waals surface area (Å²) >= 11 is 0. The number of ether oxygens (including phenoxy) is 2. The van der Waals surface area contributed by atoms with Gasteiger partial charge in [-0.15, -0.1) is 0 Å². The molecule has 4 nitrogen and oxygen atoms in total. The molecule has 4 saturated carbocycles. The second kappa shape index (κ2) is 9.54. The minimum Gasteiger partial charge on any atom is -0.547 e. The first-order valence-electron chi connectivity index (χ1n) is 13.0. The summed E-state index contributed by atoms with van der Waals surface area (Å²) in [5.41, 5.74) is 0.740. The van der Waals surface area contributed by atoms with Gasteiger partial charge in [0.15, 0.2) is 6.29 Å². The SMILES string of the molecule is CC1(C)[C@H]2CC=C(O[Si](C)(C)C)[C@@H]1C2.CCOC(C[C@H]1C[C@H]2C[C@@H](C1=O)C2(C)C)OCC. The topological polar surface area (TPSA) is 44.8 Å². The molecule has 6 aliphatic carbocycles. The molecule has 0 amide bonds. The van der Waals surface area contributed by atoms with Crippen LogP contribution in [-0.2, 0) is 18.7 Å². The molecule has 32 heavy (non-hydrogen) atoms. The third-order valence-electron chi connectivity index (χ3n) is 8.81. The normalized spacial score (nSPS) is 34.0. The molecular weight excluding hydrogens is 416 g/mol. The van der Waals surface area contributed by atoms with Gasteiger partial charge in [0.25, 0.3) is 0 Å². The molecule has 4 fully saturated rings. The number of rotatable bonds is 8. The Morgan fingerprint density at radius 2 is 1.50 bits per heavy atom. The molecule has 0 aromatic heterocycles. The number of ketones is 1. The summed E-state index contributed by atoms with van der Waals surface area (Å²) in [6.07, 6.45) is 7.63. The van der Waals surface area contributed by atoms with Crippen LogP contribution in [0.3, 0.4) is 0 Å². The van der Waals surface area contributed by atoms with Crippen molar-refractivity contribution < 1.29 is 18.7 Å². The number of hydrogen-bond donors (Lipinski definition) is 0. The summed E-state index contributed by atoms with van der Waals surface area (Å²) in [5.74, 6) is 4.56. The zero-order valence-electron chi connectivity index (χ0n) is 22.1. The highest BCUT2D eigenvalue weighted by Crippen LogP contribution is 2.60. The van der Waals surface area contributed by atoms with Crippen LogP contribution in [0.15, 0.2) is 11.8 Å². The van der Waals surface area contributed by atoms with Gasteiger partial charge in [0.2, 0.25) is 8.32 Å². The summed E-state index contributed by atoms with van der Waals surface area (Å²) in [5, 5.41) is 0. The number of Topliss-reactive ketones (excluding diaryl/α,β-unsaturated/α-hetero) is 1. The van der Waals surface area contributed by atoms with E-state index >= 15 is 0 Å². The van der Waals surface area contributed by atoms with E-state index in [2.05, 4.69) is 53.4 Å². The quantitative estimate of drug-likeness (QED) is 0.292. The van der Waals surface area contributed by atoms with Crippen molar-refractivity contribution >= 4 is 14.1 Å². The van der Waals surface area contributed by atoms with Gasteiger partial charge < -0.3 is 13.9 Å². The van der Waals surface area contributed by atoms with Crippen LogP contribution in [0.2, 0.25) is 19.6 Å². The first-order valence-corrected chi connectivity index (χ1v) is 16.4. The predicted molar refractivity (Wildman–Crippen MR) is 133 cm³/mol. The molecule has 0 unspecified atom stereocenters. The van der Waals surface area contributed by atoms with Gasteiger partial charge in [-0.2, -0.15) is 0 Å². The van der Waals surface area contributed by atoms with Crippen molar-refractivity contribution in [2.24, 2.45) is 40.4 Å². The molecule has 0 aromatic carbocycles. The first kappa shape index (κ1) is 26.0. The number of carbonyl (C=O) groups excluding carboxylic acids is 1. The van der Waals surface area contributed by atoms with E-state index in [4.69, 9.17) is 13.9 Å². The molecule has 6 aliphatic rings. The van der Waals surface area contributed by atoms with Crippen LogP contribution in [0.25, 0.3) is 0 Å². The van der Waals surface area contributed by atoms with Crippen molar-refractivity contribution in [2.75, 3.05) is 13.2 Å². The Morgan fingerprint density at radius 3 is 1.94 bits per heavy atom. The van der Waals surface area contributed by atoms with E-state index in [9.17, 15) is 4.79 Å². The van der Waals surface area contributed by atoms with Crippen molar-refractivity contribution in [1.82, 2.24) is 0 Å². The Hall–Kier alpha value is -0.653. The van der Waals surface area contributed by atoms with Gasteiger partial charge in [-0.3, -0.25) is 4.79 Å². The highest BCUT2D eigenvalue weighted by atomic mass is 28.4. The fourth-order valence-corrected chi connectivity index (χ4v) is 7.34. The van der Waals surface area contributed by atoms with Crippen LogP contribution in [0, 0.1) is 40.4 Å². The second-order valence-electron chi connectivity index (χ2n) is 12.6. The lowest BCUT2D eigenvalue weighted by Gasteiger charge is -2.57. The average molecular weight is 465 g/mol. The predicted octanol–water partition coefficient (Wildman–Crippen LogP) is 6.81. The lowest BCUT2D eigenvalue weighted by atomic mass is 9.46. The average Bonchev–Trinajstić information content (AvgIpc) is 2.68. The molecule has 0 heterocycles. The smallest absolute Gasteiger partial charge is 0.241 e. The molecule has 0 aliphatic heterocycles. The first-order chi connectivity index (χ1) is 14.8. The van der Waals surface area contributed by atoms with Gasteiger partial charge >= 0.3 is 0 Å². The van der Waals surface area contributed by atoms with Crippen molar-refractivity contribution in [3.05, 3.63) is 11.8 Å². The molecule has 0 N–H and O–H groups in total. The van der Waals surface area contributed by atoms with Crippen molar-refractivity contribution in [3.63, 3.8) is 0 Å². The molecular formula is C27H48O4Si. The summed E-state index contributed by atoms with van der Waals surface area (Å²) in [6.45, 7) is 21.3. The molecule has 0 radical (unpaired) electrons. The third-order valence-corrected chi connectivity index (χ3v) is 9.66. The number of fused-ring (bicyclic) bond motifs is 3. The summed E-state index contributed by atoms with van der Waals surface area (Å²) in [4.78, 5) is 12.4. The number of hydrogen-bond acceptors (Lipinski definition) is 4. The number of carbonyl (C=O) groups is 1. The van der Waals surface area contributed by atoms with Crippen molar-refractivity contribution in [1.29, 1.82) is 0 Å². The maximum atomic E-state index is 12.4. The van der Waals surface area contributed by atoms with Gasteiger partial charge in [0, 0.05) is 37.4 Å². The Bertz CT molecular complexity index is 699. The van der Waals surface area contributed by atoms with Crippen LogP contribution >= 0.6 is 0 Å². The van der Waals surface area contributed by atoms with E-state index in [0.29, 0.717) is 36.2 Å². The van der Waals surface area contributed by atoms with Gasteiger partial charge in [-0.05, 0) is 87.9 Å². The maximum absolute atomic E-state index is 12.4. The van der Waals surface area contributed by atoms with E-state index < -0.39 is 8.32 Å². The molecule has 5 atom stereocenters. The van der Waals surface area contributed by atoms with Crippen LogP contribution in [0.5, 0.6) is 0 Å². The highest BCUT2D eigenvalue weighted by Gasteiger charge is 2.57. The van der Waals surface area contributed by atoms with Gasteiger partial charge in [-0.25, -0.2) is 0 Å². The number of allylic oxidation sites excluding steroid dienone is 2. The zero-order chi connectivity index (χ0) is 23.9. The van der Waals surface area contributed by atoms with Gasteiger partial charge in [-0.1, -0.05) is 27.7 Å². The minimum absolute atomic E-state index is 0.157. The van der Waals surface area contributed by atoms with Gasteiger partial charge in [0.1, 0.15) is 5.78 Å². The van der Waals surface area contributed by atoms with Crippen molar-refractivity contribution in [3.8, 4) is 0 Å². The lowest BCUT2D eigenvalue weighted by molar-refractivity contribution is -0.175. The fraction of sp³-hybridized carbons (Fsp3) is 0.889. The van der Waals surface area contributed by atoms with E-state index in [-0.39, 0.29) is 23.5 Å². The van der Waals surface area contributed by atoms with E-state index in [0.717, 1.165) is 25.2 Å². The monoisotopic (exact) mass is 464 g/mol. The summed E-state index contributed by atoms with van der Waals surface area (Å²) in [7, 11) is -1.39. The molecule has 0 spiro atoms. The Kier molecular flexibility index (Phi) is 7.74. The lowest BCUT2D eigenvalue weighted by Crippen LogP contribution is -2.56. The van der Waals surface area contributed by atoms with Gasteiger partial charge in [0.05, 0.1) is 5.76 Å². The minimum atomic E-state index is -1.39. The molecule has 5 heteroatoms. The highest BCUT2D eigenvalue weighted by molar-refractivity contribution is 6.70. The second-order valence-corrected chi connectivity index (χ2v) is 17.0. The Balaban J connectivity index is 0.000000186. The maximum Gasteiger partial charge on any atom is 0.241 e. The van der Waals surface area contributed by atoms with Crippen molar-refractivity contribution in [2.45, 2.75) is 99.6 Å². The van der Waals surface area contributed by atoms with Crippen LogP contribution in [-0.4, -0.2) is 33.6 Å². The van der Waals surface area contributed by atoms with E-state index in [1.165, 1.54) is 18.6 Å². The molecule has 4 bridgehead atoms. The molecule has 0 aromatic rings. The molecule has 184 valence electrons. The van der Waals surface area contributed by atoms with E-state index in [1.54, 1.807) is 0 Å². The molecule has 0 saturated heterocycles. The van der Waals surface area contributed by atoms with E-state index in [1.807, 2.05) is 13.8 Å². The Labute approximate surface area is 198 Å². The van der Waals surface area contributed by atoms with Crippen LogP contribution in [0.4, 0.5) is 0 Å².